The van der Waals surface area contributed by atoms with E-state index in [4.69, 9.17) is 26.5 Å². The van der Waals surface area contributed by atoms with E-state index in [-0.39, 0.29) is 25.4 Å². The van der Waals surface area contributed by atoms with Crippen molar-refractivity contribution in [2.75, 3.05) is 0 Å². The molecule has 2 N–H and O–H groups in total. The minimum Gasteiger partial charge on any atom is -0.488 e. The van der Waals surface area contributed by atoms with Crippen molar-refractivity contribution >= 4 is 17.6 Å². The Bertz CT molecular complexity index is 1370. The molecule has 0 saturated carbocycles. The molecule has 0 unspecified atom stereocenters. The maximum atomic E-state index is 13.6. The zero-order valence-corrected chi connectivity index (χ0v) is 21.2. The number of rotatable bonds is 11. The highest BCUT2D eigenvalue weighted by atomic mass is 35.5. The molecule has 0 amide bonds. The molecule has 0 saturated heterocycles. The van der Waals surface area contributed by atoms with Crippen molar-refractivity contribution in [1.29, 1.82) is 0 Å². The van der Waals surface area contributed by atoms with Crippen LogP contribution in [-0.2, 0) is 24.4 Å². The zero-order valence-electron chi connectivity index (χ0n) is 20.4. The van der Waals surface area contributed by atoms with Gasteiger partial charge >= 0.3 is 5.97 Å². The van der Waals surface area contributed by atoms with Gasteiger partial charge in [-0.25, -0.2) is 4.39 Å². The molecule has 192 valence electrons. The first-order valence-electron chi connectivity index (χ1n) is 12.1. The SMILES string of the molecule is CC[C@H](O)Cn1nc(-c2cc(CCC(=O)O)ccc2OCc2cccc(Cl)c2)cc1-c1ccc(F)cc1. The maximum absolute atomic E-state index is 13.6. The lowest BCUT2D eigenvalue weighted by molar-refractivity contribution is -0.136. The van der Waals surface area contributed by atoms with Gasteiger partial charge in [0.15, 0.2) is 0 Å². The first-order valence-corrected chi connectivity index (χ1v) is 12.4. The summed E-state index contributed by atoms with van der Waals surface area (Å²) in [4.78, 5) is 11.1. The van der Waals surface area contributed by atoms with Crippen LogP contribution in [-0.4, -0.2) is 32.1 Å². The summed E-state index contributed by atoms with van der Waals surface area (Å²) in [6.45, 7) is 2.43. The summed E-state index contributed by atoms with van der Waals surface area (Å²) >= 11 is 6.12. The van der Waals surface area contributed by atoms with Gasteiger partial charge in [0.1, 0.15) is 18.2 Å². The lowest BCUT2D eigenvalue weighted by Gasteiger charge is -2.13. The molecule has 0 aliphatic heterocycles. The van der Waals surface area contributed by atoms with Gasteiger partial charge < -0.3 is 14.9 Å². The van der Waals surface area contributed by atoms with Crippen LogP contribution in [0.15, 0.2) is 72.8 Å². The second kappa shape index (κ2) is 12.0. The van der Waals surface area contributed by atoms with Gasteiger partial charge in [-0.2, -0.15) is 5.10 Å². The molecule has 8 heteroatoms. The van der Waals surface area contributed by atoms with E-state index in [1.807, 2.05) is 49.4 Å². The molecule has 6 nitrogen and oxygen atoms in total. The van der Waals surface area contributed by atoms with Gasteiger partial charge in [0.25, 0.3) is 0 Å². The Kier molecular flexibility index (Phi) is 8.58. The van der Waals surface area contributed by atoms with Crippen LogP contribution in [0.3, 0.4) is 0 Å². The summed E-state index contributed by atoms with van der Waals surface area (Å²) in [5.74, 6) is -0.642. The third kappa shape index (κ3) is 6.96. The Morgan fingerprint density at radius 1 is 1.08 bits per heavy atom. The first-order chi connectivity index (χ1) is 17.8. The average Bonchev–Trinajstić information content (AvgIpc) is 3.30. The number of carboxylic acid groups (broad SMARTS) is 1. The predicted octanol–water partition coefficient (Wildman–Crippen LogP) is 6.38. The number of nitrogens with zero attached hydrogens (tertiary/aromatic N) is 2. The molecule has 0 bridgehead atoms. The smallest absolute Gasteiger partial charge is 0.303 e. The van der Waals surface area contributed by atoms with Crippen LogP contribution in [0.5, 0.6) is 5.75 Å². The Morgan fingerprint density at radius 2 is 1.86 bits per heavy atom. The van der Waals surface area contributed by atoms with Crippen LogP contribution in [0.25, 0.3) is 22.5 Å². The number of carboxylic acids is 1. The quantitative estimate of drug-likeness (QED) is 0.239. The predicted molar refractivity (Wildman–Crippen MR) is 141 cm³/mol. The molecule has 1 atom stereocenters. The van der Waals surface area contributed by atoms with Crippen LogP contribution >= 0.6 is 11.6 Å². The highest BCUT2D eigenvalue weighted by Crippen LogP contribution is 2.34. The Morgan fingerprint density at radius 3 is 2.57 bits per heavy atom. The summed E-state index contributed by atoms with van der Waals surface area (Å²) in [6.07, 6.45) is 0.306. The van der Waals surface area contributed by atoms with Crippen LogP contribution in [0.2, 0.25) is 5.02 Å². The Labute approximate surface area is 219 Å². The van der Waals surface area contributed by atoms with Crippen molar-refractivity contribution in [3.8, 4) is 28.3 Å². The molecule has 37 heavy (non-hydrogen) atoms. The minimum atomic E-state index is -0.876. The second-order valence-electron chi connectivity index (χ2n) is 8.81. The summed E-state index contributed by atoms with van der Waals surface area (Å²) in [5.41, 5.74) is 4.50. The van der Waals surface area contributed by atoms with Gasteiger partial charge in [-0.3, -0.25) is 9.48 Å². The number of carbonyl (C=O) groups is 1. The summed E-state index contributed by atoms with van der Waals surface area (Å²) in [5, 5.41) is 24.9. The molecule has 1 heterocycles. The Hall–Kier alpha value is -3.68. The number of aryl methyl sites for hydroxylation is 1. The maximum Gasteiger partial charge on any atom is 0.303 e. The number of benzene rings is 3. The average molecular weight is 523 g/mol. The molecule has 0 spiro atoms. The first kappa shape index (κ1) is 26.4. The normalized spacial score (nSPS) is 11.9. The van der Waals surface area contributed by atoms with Gasteiger partial charge in [0.05, 0.1) is 24.0 Å². The number of aliphatic hydroxyl groups is 1. The topological polar surface area (TPSA) is 84.6 Å². The molecule has 3 aromatic carbocycles. The highest BCUT2D eigenvalue weighted by Gasteiger charge is 2.18. The van der Waals surface area contributed by atoms with Crippen LogP contribution in [0, 0.1) is 5.82 Å². The molecular weight excluding hydrogens is 495 g/mol. The van der Waals surface area contributed by atoms with Crippen LogP contribution in [0.4, 0.5) is 4.39 Å². The highest BCUT2D eigenvalue weighted by molar-refractivity contribution is 6.30. The summed E-state index contributed by atoms with van der Waals surface area (Å²) in [7, 11) is 0. The van der Waals surface area contributed by atoms with Crippen molar-refractivity contribution in [2.45, 2.75) is 45.4 Å². The van der Waals surface area contributed by atoms with E-state index in [0.29, 0.717) is 34.9 Å². The third-order valence-corrected chi connectivity index (χ3v) is 6.24. The zero-order chi connectivity index (χ0) is 26.4. The van der Waals surface area contributed by atoms with Crippen molar-refractivity contribution in [3.63, 3.8) is 0 Å². The molecular formula is C29H28ClFN2O4. The van der Waals surface area contributed by atoms with E-state index < -0.39 is 12.1 Å². The fraction of sp³-hybridized carbons (Fsp3) is 0.241. The van der Waals surface area contributed by atoms with Crippen molar-refractivity contribution in [1.82, 2.24) is 9.78 Å². The van der Waals surface area contributed by atoms with Gasteiger partial charge in [0.2, 0.25) is 0 Å². The molecule has 1 aromatic heterocycles. The summed E-state index contributed by atoms with van der Waals surface area (Å²) in [6, 6.07) is 20.9. The van der Waals surface area contributed by atoms with Gasteiger partial charge in [0, 0.05) is 22.6 Å². The molecule has 0 aliphatic carbocycles. The van der Waals surface area contributed by atoms with Gasteiger partial charge in [-0.05, 0) is 78.6 Å². The van der Waals surface area contributed by atoms with E-state index in [1.54, 1.807) is 22.9 Å². The number of halogens is 2. The Balaban J connectivity index is 1.75. The number of aliphatic carboxylic acids is 1. The van der Waals surface area contributed by atoms with Crippen molar-refractivity contribution in [2.24, 2.45) is 0 Å². The van der Waals surface area contributed by atoms with Crippen molar-refractivity contribution in [3.05, 3.63) is 94.8 Å². The number of hydrogen-bond donors (Lipinski definition) is 2. The number of ether oxygens (including phenoxy) is 1. The van der Waals surface area contributed by atoms with Crippen molar-refractivity contribution < 1.29 is 24.1 Å². The third-order valence-electron chi connectivity index (χ3n) is 6.01. The second-order valence-corrected chi connectivity index (χ2v) is 9.25. The van der Waals surface area contributed by atoms with Gasteiger partial charge in [-0.15, -0.1) is 0 Å². The molecule has 0 aliphatic rings. The minimum absolute atomic E-state index is 0.000120. The largest absolute Gasteiger partial charge is 0.488 e. The number of aromatic nitrogens is 2. The number of aliphatic hydroxyl groups excluding tert-OH is 1. The monoisotopic (exact) mass is 522 g/mol. The molecule has 0 fully saturated rings. The number of hydrogen-bond acceptors (Lipinski definition) is 4. The van der Waals surface area contributed by atoms with E-state index in [0.717, 1.165) is 22.4 Å². The van der Waals surface area contributed by atoms with Crippen LogP contribution in [0.1, 0.15) is 30.9 Å². The van der Waals surface area contributed by atoms with Crippen LogP contribution < -0.4 is 4.74 Å². The lowest BCUT2D eigenvalue weighted by Crippen LogP contribution is -2.16. The lowest BCUT2D eigenvalue weighted by atomic mass is 10.0. The van der Waals surface area contributed by atoms with Gasteiger partial charge in [-0.1, -0.05) is 36.7 Å². The van der Waals surface area contributed by atoms with E-state index in [9.17, 15) is 14.3 Å². The fourth-order valence-electron chi connectivity index (χ4n) is 3.97. The molecule has 0 radical (unpaired) electrons. The molecule has 4 aromatic rings. The van der Waals surface area contributed by atoms with E-state index in [1.165, 1.54) is 12.1 Å². The van der Waals surface area contributed by atoms with E-state index in [2.05, 4.69) is 0 Å². The van der Waals surface area contributed by atoms with E-state index >= 15 is 0 Å². The molecule has 4 rings (SSSR count). The standard InChI is InChI=1S/C29H28ClFN2O4/c1-2-24(34)17-33-27(21-8-10-23(31)11-9-21)16-26(32-33)25-15-19(7-13-29(35)36)6-12-28(25)37-18-20-4-3-5-22(30)14-20/h3-6,8-12,14-16,24,34H,2,7,13,17-18H2,1H3,(H,35,36)/t24-/m0/s1. The summed E-state index contributed by atoms with van der Waals surface area (Å²) < 4.78 is 21.5. The fourth-order valence-corrected chi connectivity index (χ4v) is 4.18.